The normalized spacial score (nSPS) is 15.7. The van der Waals surface area contributed by atoms with Gasteiger partial charge in [0.2, 0.25) is 0 Å². The minimum atomic E-state index is -0.0197. The maximum atomic E-state index is 11.8. The third-order valence-electron chi connectivity index (χ3n) is 3.23. The van der Waals surface area contributed by atoms with E-state index in [9.17, 15) is 4.79 Å². The highest BCUT2D eigenvalue weighted by Crippen LogP contribution is 2.38. The van der Waals surface area contributed by atoms with Crippen molar-refractivity contribution >= 4 is 21.7 Å². The monoisotopic (exact) mass is 312 g/mol. The Bertz CT molecular complexity index is 451. The predicted molar refractivity (Wildman–Crippen MR) is 73.6 cm³/mol. The van der Waals surface area contributed by atoms with Gasteiger partial charge in [0.15, 0.2) is 17.3 Å². The van der Waals surface area contributed by atoms with Gasteiger partial charge in [0.25, 0.3) is 0 Å². The van der Waals surface area contributed by atoms with Crippen molar-refractivity contribution in [2.45, 2.75) is 38.7 Å². The van der Waals surface area contributed by atoms with Crippen molar-refractivity contribution in [2.24, 2.45) is 0 Å². The second kappa shape index (κ2) is 5.74. The second-order valence-electron chi connectivity index (χ2n) is 4.53. The van der Waals surface area contributed by atoms with Crippen LogP contribution in [0.2, 0.25) is 0 Å². The third kappa shape index (κ3) is 2.69. The molecule has 1 aliphatic rings. The molecule has 0 heterocycles. The lowest BCUT2D eigenvalue weighted by atomic mass is 10.1. The first-order valence-electron chi connectivity index (χ1n) is 6.17. The highest BCUT2D eigenvalue weighted by Gasteiger charge is 2.23. The van der Waals surface area contributed by atoms with E-state index in [0.29, 0.717) is 17.1 Å². The van der Waals surface area contributed by atoms with Crippen molar-refractivity contribution in [3.05, 3.63) is 22.2 Å². The van der Waals surface area contributed by atoms with Crippen LogP contribution in [-0.2, 0) is 0 Å². The standard InChI is InChI=1S/C14H17BrO3/c1-9(16)13-11(15)7-8-12(17-2)14(13)18-10-5-3-4-6-10/h7-8,10H,3-6H2,1-2H3. The van der Waals surface area contributed by atoms with Crippen molar-refractivity contribution < 1.29 is 14.3 Å². The van der Waals surface area contributed by atoms with Crippen LogP contribution in [0.25, 0.3) is 0 Å². The fourth-order valence-corrected chi connectivity index (χ4v) is 2.91. The van der Waals surface area contributed by atoms with Gasteiger partial charge >= 0.3 is 0 Å². The Morgan fingerprint density at radius 2 is 2.00 bits per heavy atom. The number of benzene rings is 1. The second-order valence-corrected chi connectivity index (χ2v) is 5.39. The Morgan fingerprint density at radius 3 is 2.56 bits per heavy atom. The van der Waals surface area contributed by atoms with E-state index in [1.54, 1.807) is 14.0 Å². The third-order valence-corrected chi connectivity index (χ3v) is 3.89. The number of ketones is 1. The van der Waals surface area contributed by atoms with E-state index in [2.05, 4.69) is 15.9 Å². The van der Waals surface area contributed by atoms with Crippen LogP contribution in [0.15, 0.2) is 16.6 Å². The molecule has 0 saturated heterocycles. The lowest BCUT2D eigenvalue weighted by Crippen LogP contribution is -2.14. The molecule has 0 unspecified atom stereocenters. The predicted octanol–water partition coefficient (Wildman–Crippen LogP) is 3.98. The number of carbonyl (C=O) groups excluding carboxylic acids is 1. The summed E-state index contributed by atoms with van der Waals surface area (Å²) >= 11 is 3.40. The Morgan fingerprint density at radius 1 is 1.33 bits per heavy atom. The van der Waals surface area contributed by atoms with Crippen molar-refractivity contribution in [3.8, 4) is 11.5 Å². The highest BCUT2D eigenvalue weighted by molar-refractivity contribution is 9.10. The largest absolute Gasteiger partial charge is 0.493 e. The number of halogens is 1. The summed E-state index contributed by atoms with van der Waals surface area (Å²) in [4.78, 5) is 11.8. The summed E-state index contributed by atoms with van der Waals surface area (Å²) in [5.74, 6) is 1.18. The van der Waals surface area contributed by atoms with E-state index < -0.39 is 0 Å². The van der Waals surface area contributed by atoms with Gasteiger partial charge < -0.3 is 9.47 Å². The molecule has 98 valence electrons. The van der Waals surface area contributed by atoms with Crippen LogP contribution < -0.4 is 9.47 Å². The molecule has 3 nitrogen and oxygen atoms in total. The summed E-state index contributed by atoms with van der Waals surface area (Å²) in [6.45, 7) is 1.54. The van der Waals surface area contributed by atoms with Gasteiger partial charge in [0.05, 0.1) is 18.8 Å². The summed E-state index contributed by atoms with van der Waals surface area (Å²) in [6, 6.07) is 3.64. The van der Waals surface area contributed by atoms with E-state index in [0.717, 1.165) is 17.3 Å². The van der Waals surface area contributed by atoms with Crippen LogP contribution in [0.5, 0.6) is 11.5 Å². The maximum Gasteiger partial charge on any atom is 0.173 e. The van der Waals surface area contributed by atoms with Gasteiger partial charge in [0.1, 0.15) is 0 Å². The first kappa shape index (κ1) is 13.4. The van der Waals surface area contributed by atoms with Crippen LogP contribution in [0.3, 0.4) is 0 Å². The fourth-order valence-electron chi connectivity index (χ4n) is 2.32. The molecule has 1 aromatic rings. The molecule has 1 aromatic carbocycles. The molecule has 2 rings (SSSR count). The molecule has 0 atom stereocenters. The molecule has 18 heavy (non-hydrogen) atoms. The van der Waals surface area contributed by atoms with Gasteiger partial charge in [-0.05, 0) is 60.7 Å². The van der Waals surface area contributed by atoms with Crippen molar-refractivity contribution in [2.75, 3.05) is 7.11 Å². The molecule has 0 bridgehead atoms. The zero-order valence-electron chi connectivity index (χ0n) is 10.7. The van der Waals surface area contributed by atoms with Gasteiger partial charge in [-0.15, -0.1) is 0 Å². The van der Waals surface area contributed by atoms with Gasteiger partial charge in [-0.2, -0.15) is 0 Å². The molecule has 0 aromatic heterocycles. The molecular formula is C14H17BrO3. The minimum absolute atomic E-state index is 0.0197. The van der Waals surface area contributed by atoms with Crippen LogP contribution in [-0.4, -0.2) is 19.0 Å². The summed E-state index contributed by atoms with van der Waals surface area (Å²) in [5.41, 5.74) is 0.571. The highest BCUT2D eigenvalue weighted by atomic mass is 79.9. The first-order chi connectivity index (χ1) is 8.63. The number of methoxy groups -OCH3 is 1. The Labute approximate surface area is 116 Å². The lowest BCUT2D eigenvalue weighted by Gasteiger charge is -2.19. The van der Waals surface area contributed by atoms with E-state index in [1.807, 2.05) is 12.1 Å². The van der Waals surface area contributed by atoms with Crippen LogP contribution in [0.4, 0.5) is 0 Å². The number of hydrogen-bond acceptors (Lipinski definition) is 3. The smallest absolute Gasteiger partial charge is 0.173 e. The Hall–Kier alpha value is -1.03. The molecule has 1 aliphatic carbocycles. The van der Waals surface area contributed by atoms with Gasteiger partial charge in [0, 0.05) is 4.47 Å². The van der Waals surface area contributed by atoms with Gasteiger partial charge in [-0.25, -0.2) is 0 Å². The summed E-state index contributed by atoms with van der Waals surface area (Å²) in [5, 5.41) is 0. The fraction of sp³-hybridized carbons (Fsp3) is 0.500. The molecule has 0 amide bonds. The van der Waals surface area contributed by atoms with E-state index in [4.69, 9.17) is 9.47 Å². The summed E-state index contributed by atoms with van der Waals surface area (Å²) in [6.07, 6.45) is 4.68. The average Bonchev–Trinajstić information content (AvgIpc) is 2.82. The molecule has 0 spiro atoms. The maximum absolute atomic E-state index is 11.8. The molecule has 0 N–H and O–H groups in total. The first-order valence-corrected chi connectivity index (χ1v) is 6.97. The molecular weight excluding hydrogens is 296 g/mol. The average molecular weight is 313 g/mol. The van der Waals surface area contributed by atoms with Crippen molar-refractivity contribution in [1.29, 1.82) is 0 Å². The lowest BCUT2D eigenvalue weighted by molar-refractivity contribution is 0.100. The number of rotatable bonds is 4. The summed E-state index contributed by atoms with van der Waals surface area (Å²) in [7, 11) is 1.59. The molecule has 1 fully saturated rings. The molecule has 1 saturated carbocycles. The zero-order chi connectivity index (χ0) is 13.1. The van der Waals surface area contributed by atoms with E-state index in [1.165, 1.54) is 12.8 Å². The van der Waals surface area contributed by atoms with E-state index >= 15 is 0 Å². The Balaban J connectivity index is 2.39. The summed E-state index contributed by atoms with van der Waals surface area (Å²) < 4.78 is 12.1. The SMILES string of the molecule is COc1ccc(Br)c(C(C)=O)c1OC1CCCC1. The topological polar surface area (TPSA) is 35.5 Å². The van der Waals surface area contributed by atoms with Gasteiger partial charge in [-0.3, -0.25) is 4.79 Å². The van der Waals surface area contributed by atoms with Gasteiger partial charge in [-0.1, -0.05) is 0 Å². The van der Waals surface area contributed by atoms with Crippen molar-refractivity contribution in [1.82, 2.24) is 0 Å². The van der Waals surface area contributed by atoms with E-state index in [-0.39, 0.29) is 11.9 Å². The zero-order valence-corrected chi connectivity index (χ0v) is 12.2. The minimum Gasteiger partial charge on any atom is -0.493 e. The number of carbonyl (C=O) groups is 1. The molecule has 4 heteroatoms. The molecule has 0 aliphatic heterocycles. The number of hydrogen-bond donors (Lipinski definition) is 0. The Kier molecular flexibility index (Phi) is 4.27. The quantitative estimate of drug-likeness (QED) is 0.789. The van der Waals surface area contributed by atoms with Crippen LogP contribution in [0.1, 0.15) is 43.0 Å². The number of ether oxygens (including phenoxy) is 2. The number of Topliss-reactive ketones (excluding diaryl/α,β-unsaturated/α-hetero) is 1. The van der Waals surface area contributed by atoms with Crippen molar-refractivity contribution in [3.63, 3.8) is 0 Å². The molecule has 0 radical (unpaired) electrons. The van der Waals surface area contributed by atoms with Crippen LogP contribution in [0, 0.1) is 0 Å². The van der Waals surface area contributed by atoms with Crippen LogP contribution >= 0.6 is 15.9 Å².